The Morgan fingerprint density at radius 3 is 2.31 bits per heavy atom. The van der Waals surface area contributed by atoms with Crippen molar-refractivity contribution in [2.45, 2.75) is 0 Å². The number of carbonyl (C=O) groups excluding carboxylic acids is 1. The average Bonchev–Trinajstić information content (AvgIpc) is 2.26. The fourth-order valence-electron chi connectivity index (χ4n) is 1.17. The molecule has 0 heterocycles. The van der Waals surface area contributed by atoms with Gasteiger partial charge in [-0.1, -0.05) is 12.1 Å². The topological polar surface area (TPSA) is 67.2 Å². The number of nitriles is 1. The minimum atomic E-state index is -1.46. The van der Waals surface area contributed by atoms with Crippen LogP contribution in [0.5, 0.6) is 0 Å². The van der Waals surface area contributed by atoms with E-state index in [1.165, 1.54) is 6.08 Å². The van der Waals surface area contributed by atoms with Gasteiger partial charge in [-0.2, -0.15) is 5.26 Å². The van der Waals surface area contributed by atoms with E-state index in [9.17, 15) is 9.90 Å². The number of nitrogens with zero attached hydrogens (tertiary/aromatic N) is 2. The average molecular weight is 215 g/mol. The highest BCUT2D eigenvalue weighted by molar-refractivity contribution is 5.95. The minimum absolute atomic E-state index is 0.377. The Balaban J connectivity index is 3.00. The molecule has 0 saturated heterocycles. The highest BCUT2D eigenvalue weighted by Gasteiger charge is 1.98. The lowest BCUT2D eigenvalue weighted by Gasteiger charge is -2.11. The van der Waals surface area contributed by atoms with Crippen LogP contribution in [0, 0.1) is 11.3 Å². The number of carboxylic acid groups (broad SMARTS) is 1. The Labute approximate surface area is 94.0 Å². The molecule has 0 spiro atoms. The van der Waals surface area contributed by atoms with E-state index in [0.29, 0.717) is 5.56 Å². The molecule has 0 aliphatic carbocycles. The second kappa shape index (κ2) is 4.99. The fourth-order valence-corrected chi connectivity index (χ4v) is 1.17. The predicted molar refractivity (Wildman–Crippen MR) is 59.4 cm³/mol. The van der Waals surface area contributed by atoms with Gasteiger partial charge < -0.3 is 14.8 Å². The van der Waals surface area contributed by atoms with Crippen molar-refractivity contribution in [2.24, 2.45) is 0 Å². The molecule has 0 saturated carbocycles. The number of hydrogen-bond donors (Lipinski definition) is 0. The summed E-state index contributed by atoms with van der Waals surface area (Å²) in [6.45, 7) is 0. The molecule has 0 aromatic heterocycles. The molecule has 0 amide bonds. The Morgan fingerprint density at radius 1 is 1.38 bits per heavy atom. The Bertz CT molecular complexity index is 453. The normalized spacial score (nSPS) is 10.7. The zero-order valence-electron chi connectivity index (χ0n) is 9.10. The lowest BCUT2D eigenvalue weighted by atomic mass is 10.1. The molecule has 4 nitrogen and oxygen atoms in total. The molecule has 0 N–H and O–H groups in total. The number of anilines is 1. The summed E-state index contributed by atoms with van der Waals surface area (Å²) in [6, 6.07) is 8.75. The lowest BCUT2D eigenvalue weighted by Crippen LogP contribution is -2.23. The van der Waals surface area contributed by atoms with E-state index in [-0.39, 0.29) is 5.57 Å². The van der Waals surface area contributed by atoms with Crippen LogP contribution >= 0.6 is 0 Å². The fraction of sp³-hybridized carbons (Fsp3) is 0.167. The van der Waals surface area contributed by atoms with Gasteiger partial charge >= 0.3 is 0 Å². The maximum Gasteiger partial charge on any atom is 0.101 e. The first kappa shape index (κ1) is 11.8. The van der Waals surface area contributed by atoms with Gasteiger partial charge in [0.25, 0.3) is 0 Å². The second-order valence-electron chi connectivity index (χ2n) is 3.44. The highest BCUT2D eigenvalue weighted by Crippen LogP contribution is 2.14. The molecule has 1 rings (SSSR count). The molecule has 0 unspecified atom stereocenters. The summed E-state index contributed by atoms with van der Waals surface area (Å²) in [6.07, 6.45) is 1.29. The van der Waals surface area contributed by atoms with E-state index in [1.54, 1.807) is 18.2 Å². The van der Waals surface area contributed by atoms with Crippen molar-refractivity contribution >= 4 is 17.7 Å². The summed E-state index contributed by atoms with van der Waals surface area (Å²) in [4.78, 5) is 12.4. The summed E-state index contributed by atoms with van der Waals surface area (Å²) in [7, 11) is 3.82. The maximum absolute atomic E-state index is 10.5. The molecule has 0 aliphatic rings. The van der Waals surface area contributed by atoms with Crippen LogP contribution in [0.2, 0.25) is 0 Å². The Morgan fingerprint density at radius 2 is 1.94 bits per heavy atom. The van der Waals surface area contributed by atoms with Gasteiger partial charge in [-0.25, -0.2) is 0 Å². The summed E-state index contributed by atoms with van der Waals surface area (Å²) < 4.78 is 0. The third kappa shape index (κ3) is 2.85. The Hall–Kier alpha value is -2.28. The smallest absolute Gasteiger partial charge is 0.101 e. The van der Waals surface area contributed by atoms with Gasteiger partial charge in [-0.3, -0.25) is 0 Å². The second-order valence-corrected chi connectivity index (χ2v) is 3.44. The van der Waals surface area contributed by atoms with Crippen molar-refractivity contribution in [1.82, 2.24) is 0 Å². The highest BCUT2D eigenvalue weighted by atomic mass is 16.4. The van der Waals surface area contributed by atoms with Gasteiger partial charge in [0.1, 0.15) is 6.07 Å². The number of carbonyl (C=O) groups is 1. The quantitative estimate of drug-likeness (QED) is 0.541. The molecular formula is C12H11N2O2-. The van der Waals surface area contributed by atoms with E-state index >= 15 is 0 Å². The number of rotatable bonds is 3. The van der Waals surface area contributed by atoms with Crippen molar-refractivity contribution < 1.29 is 9.90 Å². The number of aliphatic carboxylic acids is 1. The van der Waals surface area contributed by atoms with E-state index in [2.05, 4.69) is 0 Å². The first-order valence-corrected chi connectivity index (χ1v) is 4.65. The molecule has 16 heavy (non-hydrogen) atoms. The zero-order valence-corrected chi connectivity index (χ0v) is 9.10. The summed E-state index contributed by atoms with van der Waals surface area (Å²) in [5, 5.41) is 19.1. The summed E-state index contributed by atoms with van der Waals surface area (Å²) in [5.41, 5.74) is 1.29. The van der Waals surface area contributed by atoms with Crippen LogP contribution in [-0.2, 0) is 4.79 Å². The van der Waals surface area contributed by atoms with E-state index in [1.807, 2.05) is 31.1 Å². The van der Waals surface area contributed by atoms with Gasteiger partial charge in [0.05, 0.1) is 11.5 Å². The monoisotopic (exact) mass is 215 g/mol. The van der Waals surface area contributed by atoms with Gasteiger partial charge in [-0.05, 0) is 23.8 Å². The molecule has 0 bridgehead atoms. The van der Waals surface area contributed by atoms with E-state index in [0.717, 1.165) is 5.69 Å². The molecule has 82 valence electrons. The number of carboxylic acids is 1. The van der Waals surface area contributed by atoms with Crippen molar-refractivity contribution in [3.63, 3.8) is 0 Å². The van der Waals surface area contributed by atoms with Crippen molar-refractivity contribution in [2.75, 3.05) is 19.0 Å². The number of hydrogen-bond acceptors (Lipinski definition) is 4. The third-order valence-corrected chi connectivity index (χ3v) is 2.06. The molecule has 1 aromatic carbocycles. The molecule has 0 aliphatic heterocycles. The lowest BCUT2D eigenvalue weighted by molar-refractivity contribution is -0.298. The van der Waals surface area contributed by atoms with Gasteiger partial charge in [0.2, 0.25) is 0 Å². The molecular weight excluding hydrogens is 204 g/mol. The van der Waals surface area contributed by atoms with Crippen LogP contribution in [0.3, 0.4) is 0 Å². The maximum atomic E-state index is 10.5. The number of benzene rings is 1. The molecule has 0 fully saturated rings. The minimum Gasteiger partial charge on any atom is -0.544 e. The van der Waals surface area contributed by atoms with Crippen molar-refractivity contribution in [3.8, 4) is 6.07 Å². The van der Waals surface area contributed by atoms with Crippen LogP contribution in [0.15, 0.2) is 29.8 Å². The first-order chi connectivity index (χ1) is 7.54. The van der Waals surface area contributed by atoms with Gasteiger partial charge in [-0.15, -0.1) is 0 Å². The standard InChI is InChI=1S/C12H12N2O2/c1-14(2)11-5-3-9(4-6-11)7-10(8-13)12(15)16/h3-7H,1-2H3,(H,15,16)/p-1/b10-7+. The van der Waals surface area contributed by atoms with Gasteiger partial charge in [0, 0.05) is 19.8 Å². The molecule has 0 radical (unpaired) electrons. The predicted octanol–water partition coefficient (Wildman–Crippen LogP) is 0.409. The van der Waals surface area contributed by atoms with Crippen LogP contribution in [-0.4, -0.2) is 20.1 Å². The first-order valence-electron chi connectivity index (χ1n) is 4.65. The van der Waals surface area contributed by atoms with Crippen LogP contribution < -0.4 is 10.0 Å². The summed E-state index contributed by atoms with van der Waals surface area (Å²) >= 11 is 0. The SMILES string of the molecule is CN(C)c1ccc(/C=C(\C#N)C(=O)[O-])cc1. The van der Waals surface area contributed by atoms with Crippen molar-refractivity contribution in [3.05, 3.63) is 35.4 Å². The van der Waals surface area contributed by atoms with Crippen LogP contribution in [0.25, 0.3) is 6.08 Å². The van der Waals surface area contributed by atoms with Gasteiger partial charge in [0.15, 0.2) is 0 Å². The van der Waals surface area contributed by atoms with Crippen LogP contribution in [0.4, 0.5) is 5.69 Å². The van der Waals surface area contributed by atoms with E-state index in [4.69, 9.17) is 5.26 Å². The molecule has 1 aromatic rings. The summed E-state index contributed by atoms with van der Waals surface area (Å²) in [5.74, 6) is -1.46. The van der Waals surface area contributed by atoms with Crippen molar-refractivity contribution in [1.29, 1.82) is 5.26 Å². The van der Waals surface area contributed by atoms with Crippen LogP contribution in [0.1, 0.15) is 5.56 Å². The molecule has 4 heteroatoms. The molecule has 0 atom stereocenters. The Kier molecular flexibility index (Phi) is 3.67. The zero-order chi connectivity index (χ0) is 12.1. The largest absolute Gasteiger partial charge is 0.544 e. The third-order valence-electron chi connectivity index (χ3n) is 2.06. The van der Waals surface area contributed by atoms with E-state index < -0.39 is 5.97 Å².